The molecule has 0 aliphatic rings. The summed E-state index contributed by atoms with van der Waals surface area (Å²) in [4.78, 5) is 9.51. The highest BCUT2D eigenvalue weighted by Crippen LogP contribution is 1.65. The number of hydrogen-bond acceptors (Lipinski definition) is 1. The molecule has 42 valence electrons. The average Bonchev–Trinajstić information content (AvgIpc) is 1.35. The zero-order chi connectivity index (χ0) is 4.99. The number of hydrogen-bond donors (Lipinski definition) is 1. The van der Waals surface area contributed by atoms with Crippen LogP contribution < -0.4 is 0 Å². The molecule has 2 heteroatoms. The van der Waals surface area contributed by atoms with Gasteiger partial charge in [-0.15, -0.1) is 0 Å². The SMILES string of the molecule is C.C/C=C/C(=O)O. The summed E-state index contributed by atoms with van der Waals surface area (Å²) in [6.45, 7) is 1.66. The van der Waals surface area contributed by atoms with E-state index in [-0.39, 0.29) is 7.43 Å². The number of carbonyl (C=O) groups is 1. The maximum Gasteiger partial charge on any atom is 0.327 e. The van der Waals surface area contributed by atoms with Crippen molar-refractivity contribution in [1.29, 1.82) is 0 Å². The Kier molecular flexibility index (Phi) is 7.08. The fraction of sp³-hybridized carbons (Fsp3) is 0.400. The van der Waals surface area contributed by atoms with Gasteiger partial charge in [0.1, 0.15) is 0 Å². The minimum Gasteiger partial charge on any atom is -0.478 e. The fourth-order valence-electron chi connectivity index (χ4n) is 0.143. The minimum absolute atomic E-state index is 0. The van der Waals surface area contributed by atoms with Crippen molar-refractivity contribution in [2.45, 2.75) is 14.4 Å². The highest BCUT2D eigenvalue weighted by atomic mass is 16.4. The molecule has 2 nitrogen and oxygen atoms in total. The molecule has 0 saturated heterocycles. The van der Waals surface area contributed by atoms with Crippen molar-refractivity contribution in [2.24, 2.45) is 0 Å². The van der Waals surface area contributed by atoms with Gasteiger partial charge in [-0.1, -0.05) is 13.5 Å². The predicted molar refractivity (Wildman–Crippen MR) is 29.2 cm³/mol. The van der Waals surface area contributed by atoms with E-state index in [2.05, 4.69) is 0 Å². The lowest BCUT2D eigenvalue weighted by atomic mass is 10.5. The second-order valence-corrected chi connectivity index (χ2v) is 0.838. The highest BCUT2D eigenvalue weighted by molar-refractivity contribution is 5.79. The third-order valence-corrected chi connectivity index (χ3v) is 0.309. The minimum atomic E-state index is -0.891. The summed E-state index contributed by atoms with van der Waals surface area (Å²) in [5, 5.41) is 7.83. The molecule has 0 amide bonds. The van der Waals surface area contributed by atoms with Gasteiger partial charge in [-0.25, -0.2) is 4.79 Å². The second kappa shape index (κ2) is 5.21. The molecule has 0 aliphatic heterocycles. The molecule has 0 atom stereocenters. The van der Waals surface area contributed by atoms with Crippen molar-refractivity contribution >= 4 is 5.97 Å². The molecular weight excluding hydrogens is 92.1 g/mol. The Labute approximate surface area is 43.5 Å². The normalized spacial score (nSPS) is 8.14. The van der Waals surface area contributed by atoms with Crippen molar-refractivity contribution in [3.05, 3.63) is 12.2 Å². The summed E-state index contributed by atoms with van der Waals surface area (Å²) >= 11 is 0. The van der Waals surface area contributed by atoms with E-state index in [1.54, 1.807) is 6.92 Å². The predicted octanol–water partition coefficient (Wildman–Crippen LogP) is 1.28. The summed E-state index contributed by atoms with van der Waals surface area (Å²) in [6.07, 6.45) is 2.56. The van der Waals surface area contributed by atoms with Crippen LogP contribution in [0.1, 0.15) is 14.4 Å². The first-order valence-electron chi connectivity index (χ1n) is 1.63. The largest absolute Gasteiger partial charge is 0.478 e. The Hall–Kier alpha value is -0.790. The van der Waals surface area contributed by atoms with Crippen LogP contribution in [0.2, 0.25) is 0 Å². The Balaban J connectivity index is 0. The van der Waals surface area contributed by atoms with Crippen LogP contribution in [0.15, 0.2) is 12.2 Å². The molecule has 0 spiro atoms. The van der Waals surface area contributed by atoms with E-state index in [0.29, 0.717) is 0 Å². The fourth-order valence-corrected chi connectivity index (χ4v) is 0.143. The van der Waals surface area contributed by atoms with Crippen molar-refractivity contribution < 1.29 is 9.90 Å². The van der Waals surface area contributed by atoms with Gasteiger partial charge in [0.15, 0.2) is 0 Å². The Bertz CT molecular complexity index is 74.1. The summed E-state index contributed by atoms with van der Waals surface area (Å²) < 4.78 is 0. The molecule has 0 aromatic rings. The van der Waals surface area contributed by atoms with Crippen LogP contribution in [-0.2, 0) is 4.79 Å². The first kappa shape index (κ1) is 9.51. The standard InChI is InChI=1S/C4H6O2.CH4/c1-2-3-4(5)6;/h2-3H,1H3,(H,5,6);1H4/b3-2+;. The van der Waals surface area contributed by atoms with Gasteiger partial charge in [0.05, 0.1) is 0 Å². The van der Waals surface area contributed by atoms with Gasteiger partial charge in [0, 0.05) is 6.08 Å². The summed E-state index contributed by atoms with van der Waals surface area (Å²) in [5.74, 6) is -0.891. The smallest absolute Gasteiger partial charge is 0.327 e. The third kappa shape index (κ3) is 11.0. The first-order valence-corrected chi connectivity index (χ1v) is 1.63. The highest BCUT2D eigenvalue weighted by Gasteiger charge is 1.76. The molecule has 0 rings (SSSR count). The lowest BCUT2D eigenvalue weighted by Crippen LogP contribution is -1.83. The lowest BCUT2D eigenvalue weighted by molar-refractivity contribution is -0.131. The monoisotopic (exact) mass is 102 g/mol. The number of carboxylic acids is 1. The van der Waals surface area contributed by atoms with Gasteiger partial charge in [-0.2, -0.15) is 0 Å². The Morgan fingerprint density at radius 1 is 1.71 bits per heavy atom. The Morgan fingerprint density at radius 2 is 2.14 bits per heavy atom. The van der Waals surface area contributed by atoms with E-state index < -0.39 is 5.97 Å². The molecule has 7 heavy (non-hydrogen) atoms. The van der Waals surface area contributed by atoms with Crippen LogP contribution in [0, 0.1) is 0 Å². The van der Waals surface area contributed by atoms with Crippen molar-refractivity contribution in [2.75, 3.05) is 0 Å². The molecule has 0 unspecified atom stereocenters. The molecule has 0 aromatic carbocycles. The number of rotatable bonds is 1. The van der Waals surface area contributed by atoms with E-state index in [4.69, 9.17) is 5.11 Å². The average molecular weight is 102 g/mol. The molecular formula is C5H10O2. The van der Waals surface area contributed by atoms with Crippen LogP contribution in [0.25, 0.3) is 0 Å². The van der Waals surface area contributed by atoms with E-state index in [0.717, 1.165) is 6.08 Å². The number of aliphatic carboxylic acids is 1. The zero-order valence-electron chi connectivity index (χ0n) is 3.51. The van der Waals surface area contributed by atoms with Crippen molar-refractivity contribution in [3.63, 3.8) is 0 Å². The molecule has 0 saturated carbocycles. The van der Waals surface area contributed by atoms with Crippen LogP contribution in [-0.4, -0.2) is 11.1 Å². The van der Waals surface area contributed by atoms with E-state index in [1.807, 2.05) is 0 Å². The zero-order valence-corrected chi connectivity index (χ0v) is 3.51. The van der Waals surface area contributed by atoms with Gasteiger partial charge in [-0.3, -0.25) is 0 Å². The molecule has 0 radical (unpaired) electrons. The van der Waals surface area contributed by atoms with E-state index in [1.165, 1.54) is 6.08 Å². The molecule has 1 N–H and O–H groups in total. The number of allylic oxidation sites excluding steroid dienone is 1. The molecule has 0 aliphatic carbocycles. The van der Waals surface area contributed by atoms with Gasteiger partial charge in [0.2, 0.25) is 0 Å². The van der Waals surface area contributed by atoms with Gasteiger partial charge < -0.3 is 5.11 Å². The maximum absolute atomic E-state index is 9.51. The number of carboxylic acid groups (broad SMARTS) is 1. The molecule has 0 aromatic heterocycles. The van der Waals surface area contributed by atoms with Gasteiger partial charge in [0.25, 0.3) is 0 Å². The summed E-state index contributed by atoms with van der Waals surface area (Å²) in [6, 6.07) is 0. The first-order chi connectivity index (χ1) is 2.77. The quantitative estimate of drug-likeness (QED) is 0.506. The summed E-state index contributed by atoms with van der Waals surface area (Å²) in [5.41, 5.74) is 0. The summed E-state index contributed by atoms with van der Waals surface area (Å²) in [7, 11) is 0. The second-order valence-electron chi connectivity index (χ2n) is 0.838. The van der Waals surface area contributed by atoms with Crippen molar-refractivity contribution in [3.8, 4) is 0 Å². The lowest BCUT2D eigenvalue weighted by Gasteiger charge is -1.68. The third-order valence-electron chi connectivity index (χ3n) is 0.309. The van der Waals surface area contributed by atoms with E-state index in [9.17, 15) is 4.79 Å². The Morgan fingerprint density at radius 3 is 2.14 bits per heavy atom. The van der Waals surface area contributed by atoms with Crippen LogP contribution in [0.4, 0.5) is 0 Å². The van der Waals surface area contributed by atoms with Crippen LogP contribution in [0.5, 0.6) is 0 Å². The van der Waals surface area contributed by atoms with Gasteiger partial charge in [-0.05, 0) is 6.92 Å². The van der Waals surface area contributed by atoms with Crippen molar-refractivity contribution in [1.82, 2.24) is 0 Å². The van der Waals surface area contributed by atoms with Crippen LogP contribution in [0.3, 0.4) is 0 Å². The van der Waals surface area contributed by atoms with E-state index >= 15 is 0 Å². The maximum atomic E-state index is 9.51. The molecule has 0 bridgehead atoms. The topological polar surface area (TPSA) is 37.3 Å². The van der Waals surface area contributed by atoms with Crippen LogP contribution >= 0.6 is 0 Å². The molecule has 0 fully saturated rings. The van der Waals surface area contributed by atoms with Gasteiger partial charge >= 0.3 is 5.97 Å². The molecule has 0 heterocycles.